The lowest BCUT2D eigenvalue weighted by Gasteiger charge is -2.45. The Kier molecular flexibility index (Phi) is 50.5. The van der Waals surface area contributed by atoms with E-state index in [1.807, 2.05) is 18.2 Å². The third kappa shape index (κ3) is 39.1. The number of nitrogens with zero attached hydrogens (tertiary/aromatic N) is 9. The van der Waals surface area contributed by atoms with Crippen molar-refractivity contribution in [2.75, 3.05) is 149 Å². The van der Waals surface area contributed by atoms with E-state index in [2.05, 4.69) is 315 Å². The number of amides is 2. The molecule has 726 valence electrons. The Hall–Kier alpha value is -5.79. The summed E-state index contributed by atoms with van der Waals surface area (Å²) in [5.41, 5.74) is 7.04. The number of piperidine rings is 1. The van der Waals surface area contributed by atoms with Gasteiger partial charge in [0.05, 0.1) is 31.0 Å². The normalized spacial score (nSPS) is 25.9. The van der Waals surface area contributed by atoms with Gasteiger partial charge in [-0.25, -0.2) is 9.59 Å². The Morgan fingerprint density at radius 1 is 0.423 bits per heavy atom. The summed E-state index contributed by atoms with van der Waals surface area (Å²) in [5, 5.41) is 25.5. The molecule has 16 rings (SSSR count). The number of carbonyl (C=O) groups is 3. The highest BCUT2D eigenvalue weighted by Crippen LogP contribution is 2.43. The maximum absolute atomic E-state index is 12.2. The molecule has 6 aromatic rings. The molecule has 12 atom stereocenters. The summed E-state index contributed by atoms with van der Waals surface area (Å²) in [4.78, 5) is 52.6. The Bertz CT molecular complexity index is 3860. The number of anilines is 1. The van der Waals surface area contributed by atoms with Crippen molar-refractivity contribution in [1.29, 1.82) is 0 Å². The van der Waals surface area contributed by atoms with Crippen LogP contribution in [0.1, 0.15) is 201 Å². The monoisotopic (exact) mass is 1950 g/mol. The number of piperazine rings is 5. The van der Waals surface area contributed by atoms with E-state index in [9.17, 15) is 14.4 Å². The van der Waals surface area contributed by atoms with Crippen LogP contribution in [0.15, 0.2) is 152 Å². The summed E-state index contributed by atoms with van der Waals surface area (Å²) < 4.78 is 26.9. The topological polar surface area (TPSA) is 210 Å². The Morgan fingerprint density at radius 3 is 1.08 bits per heavy atom. The molecule has 26 heteroatoms. The Balaban J connectivity index is 0.000000184. The maximum atomic E-state index is 12.2. The molecule has 0 saturated carbocycles. The molecule has 0 spiro atoms. The third-order valence-corrected chi connectivity index (χ3v) is 28.3. The van der Waals surface area contributed by atoms with Gasteiger partial charge in [0.25, 0.3) is 0 Å². The molecule has 5 aromatic carbocycles. The van der Waals surface area contributed by atoms with E-state index < -0.39 is 23.1 Å². The molecule has 130 heavy (non-hydrogen) atoms. The molecule has 0 unspecified atom stereocenters. The van der Waals surface area contributed by atoms with Crippen LogP contribution in [0.3, 0.4) is 0 Å². The standard InChI is InChI=1S/C19H30N2O.C14H19ClN4O5.3C13H20N2.C12H24N2O.C7H7Br.C7H15N.C6H11BrO/c1-16-13-21(15-19-8-10-22-11-9-19)17(2)12-20(16)14-18-6-4-3-5-7-18;1-5-23-12(21)16-10-8-7-18(11(15)20)14(3,4)9(8)19(17-10)13(22)24-6-2;3*1-11-9-15(12(2)8-14-11)10-13-6-4-3-5-7-13;1-10-8-14(11(2)7-13-10)9-12-3-5-15-6-4-12;8-6-7-4-2-1-3-5-7;1-6-3-4-7(2)8-5-6;7-5-6-1-3-8-4-2-6/h3-7,16-17,19H,8-15H2,1-2H3;5-7H2,1-4H3,(H,16,17,21);3*3-7,11-12,14H,8-10H2,1-2H3;10-13H,3-9H2,1-2H3;1-5H,6H2;6-8H,3-5H2,1-2H3;6H,1-5H2/t16-,17+;;3*11-,12+;10-,11+;;6-,7-;/m0.1100.1./s1. The summed E-state index contributed by atoms with van der Waals surface area (Å²) in [6.45, 7) is 60.2. The minimum absolute atomic E-state index is 0.103. The van der Waals surface area contributed by atoms with E-state index in [1.54, 1.807) is 27.7 Å². The molecule has 10 aliphatic heterocycles. The number of rotatable bonds is 17. The fraction of sp³-hybridized carbons (Fsp3) is 0.654. The van der Waals surface area contributed by atoms with Gasteiger partial charge in [-0.2, -0.15) is 4.68 Å². The highest BCUT2D eigenvalue weighted by molar-refractivity contribution is 9.09. The highest BCUT2D eigenvalue weighted by Gasteiger charge is 2.47. The summed E-state index contributed by atoms with van der Waals surface area (Å²) in [7, 11) is 0. The predicted molar refractivity (Wildman–Crippen MR) is 542 cm³/mol. The molecule has 0 radical (unpaired) electrons. The average Bonchev–Trinajstić information content (AvgIpc) is 1.57. The van der Waals surface area contributed by atoms with Crippen LogP contribution in [-0.4, -0.2) is 271 Å². The smallest absolute Gasteiger partial charge is 0.435 e. The minimum Gasteiger partial charge on any atom is -0.450 e. The molecule has 2 amide bonds. The fourth-order valence-corrected chi connectivity index (χ4v) is 19.4. The van der Waals surface area contributed by atoms with Gasteiger partial charge in [-0.05, 0) is 225 Å². The van der Waals surface area contributed by atoms with Crippen LogP contribution in [0.2, 0.25) is 0 Å². The zero-order valence-corrected chi connectivity index (χ0v) is 85.9. The first-order valence-electron chi connectivity index (χ1n) is 49.0. The van der Waals surface area contributed by atoms with Crippen LogP contribution >= 0.6 is 43.5 Å². The second-order valence-corrected chi connectivity index (χ2v) is 39.9. The molecule has 11 heterocycles. The number of halogens is 3. The molecule has 23 nitrogen and oxygen atoms in total. The second-order valence-electron chi connectivity index (χ2n) is 38.4. The van der Waals surface area contributed by atoms with Crippen molar-refractivity contribution >= 4 is 66.8 Å². The number of carbonyl (C=O) groups excluding carboxylic acids is 3. The fourth-order valence-electron chi connectivity index (χ4n) is 18.1. The van der Waals surface area contributed by atoms with E-state index in [0.29, 0.717) is 71.7 Å². The van der Waals surface area contributed by atoms with Crippen molar-refractivity contribution in [3.63, 3.8) is 0 Å². The van der Waals surface area contributed by atoms with Crippen LogP contribution < -0.4 is 31.9 Å². The molecule has 10 aliphatic rings. The molecule has 9 fully saturated rings. The van der Waals surface area contributed by atoms with E-state index >= 15 is 0 Å². The largest absolute Gasteiger partial charge is 0.450 e. The van der Waals surface area contributed by atoms with Crippen LogP contribution in [0.4, 0.5) is 20.2 Å². The highest BCUT2D eigenvalue weighted by atomic mass is 79.9. The number of ether oxygens (including phenoxy) is 5. The zero-order valence-electron chi connectivity index (χ0n) is 82.0. The number of benzene rings is 5. The minimum atomic E-state index is -0.900. The molecule has 1 aromatic heterocycles. The first-order valence-corrected chi connectivity index (χ1v) is 51.6. The zero-order chi connectivity index (χ0) is 93.7. The van der Waals surface area contributed by atoms with Gasteiger partial charge in [0.1, 0.15) is 0 Å². The second kappa shape index (κ2) is 59.9. The third-order valence-electron chi connectivity index (χ3n) is 26.6. The first kappa shape index (κ1) is 110. The van der Waals surface area contributed by atoms with Gasteiger partial charge in [0.2, 0.25) is 0 Å². The quantitative estimate of drug-likeness (QED) is 0.0285. The van der Waals surface area contributed by atoms with Crippen molar-refractivity contribution in [1.82, 2.24) is 70.7 Å². The van der Waals surface area contributed by atoms with Crippen LogP contribution in [-0.2, 0) is 67.3 Å². The van der Waals surface area contributed by atoms with E-state index in [4.69, 9.17) is 35.3 Å². The lowest BCUT2D eigenvalue weighted by molar-refractivity contribution is 0.00517. The lowest BCUT2D eigenvalue weighted by Crippen LogP contribution is -2.56. The van der Waals surface area contributed by atoms with Crippen molar-refractivity contribution in [2.24, 2.45) is 23.7 Å². The average molecular weight is 1950 g/mol. The van der Waals surface area contributed by atoms with Crippen LogP contribution in [0.5, 0.6) is 0 Å². The van der Waals surface area contributed by atoms with Crippen LogP contribution in [0.25, 0.3) is 0 Å². The summed E-state index contributed by atoms with van der Waals surface area (Å²) in [6.07, 6.45) is 8.84. The number of aromatic nitrogens is 2. The van der Waals surface area contributed by atoms with Gasteiger partial charge in [0.15, 0.2) is 5.82 Å². The van der Waals surface area contributed by atoms with Gasteiger partial charge in [-0.1, -0.05) is 190 Å². The van der Waals surface area contributed by atoms with Gasteiger partial charge >= 0.3 is 17.6 Å². The molecule has 0 aliphatic carbocycles. The molecule has 9 saturated heterocycles. The summed E-state index contributed by atoms with van der Waals surface area (Å²) >= 11 is 12.5. The summed E-state index contributed by atoms with van der Waals surface area (Å²) in [5.74, 6) is 3.62. The lowest BCUT2D eigenvalue weighted by atomic mass is 9.97. The van der Waals surface area contributed by atoms with Crippen LogP contribution in [0, 0.1) is 23.7 Å². The van der Waals surface area contributed by atoms with Crippen molar-refractivity contribution in [3.05, 3.63) is 191 Å². The van der Waals surface area contributed by atoms with E-state index in [1.165, 1.54) is 123 Å². The molecule has 0 bridgehead atoms. The van der Waals surface area contributed by atoms with Gasteiger partial charge in [0, 0.05) is 227 Å². The van der Waals surface area contributed by atoms with Crippen molar-refractivity contribution in [2.45, 2.75) is 272 Å². The van der Waals surface area contributed by atoms with Gasteiger partial charge in [-0.15, -0.1) is 5.10 Å². The number of hydrogen-bond acceptors (Lipinski definition) is 20. The number of alkyl halides is 2. The van der Waals surface area contributed by atoms with Crippen molar-refractivity contribution < 1.29 is 38.1 Å². The maximum Gasteiger partial charge on any atom is 0.435 e. The SMILES string of the molecule is BrCC1CCOCC1.BrCc1ccccc1.CCOC(=O)Nc1nn(C(=O)OCC)c2c1CN(C(=O)Cl)C2(C)C.C[C@@H]1CC[C@@H](C)NC1.C[C@@H]1CN(Cc2ccccc2)[C@@H](C)CN1.C[C@@H]1CN(Cc2ccccc2)[C@@H](C)CN1.C[C@@H]1CN(Cc2ccccc2)[C@@H](C)CN1CC1CCOCC1.C[C@@H]1CN[C@@H](C)CN1CC1CCOCC1.C[C@@H]1CN[C@@H](C)CN1Cc1ccccc1. The van der Waals surface area contributed by atoms with Gasteiger partial charge < -0.3 is 55.2 Å². The Labute approximate surface area is 805 Å². The first-order chi connectivity index (χ1) is 62.6. The Morgan fingerprint density at radius 2 is 0.754 bits per heavy atom. The van der Waals surface area contributed by atoms with E-state index in [0.717, 1.165) is 157 Å². The number of hydrogen-bond donors (Lipinski definition) is 6. The molecular weight excluding hydrogens is 1780 g/mol. The summed E-state index contributed by atoms with van der Waals surface area (Å²) in [6, 6.07) is 60.5. The number of nitrogens with one attached hydrogen (secondary N) is 6. The van der Waals surface area contributed by atoms with Gasteiger partial charge in [-0.3, -0.25) is 39.5 Å². The molecular formula is C104H166Br2ClN15O8. The van der Waals surface area contributed by atoms with Crippen molar-refractivity contribution in [3.8, 4) is 0 Å². The predicted octanol–water partition coefficient (Wildman–Crippen LogP) is 18.4. The molecule has 6 N–H and O–H groups in total. The van der Waals surface area contributed by atoms with E-state index in [-0.39, 0.29) is 25.6 Å². The number of fused-ring (bicyclic) bond motifs is 1.